The molecule has 0 aliphatic rings. The van der Waals surface area contributed by atoms with Gasteiger partial charge in [0.05, 0.1) is 21.3 Å². The molecule has 3 aromatic rings. The highest BCUT2D eigenvalue weighted by Crippen LogP contribution is 2.22. The maximum absolute atomic E-state index is 12.1. The Labute approximate surface area is 158 Å². The van der Waals surface area contributed by atoms with Crippen LogP contribution in [-0.4, -0.2) is 18.4 Å². The quantitative estimate of drug-likeness (QED) is 0.652. The first-order valence-corrected chi connectivity index (χ1v) is 9.45. The first kappa shape index (κ1) is 17.6. The lowest BCUT2D eigenvalue weighted by molar-refractivity contribution is -0.120. The standard InChI is InChI=1S/C19H17BrN2O2S/c1-12(14-7-6-13-4-2-3-5-15(13)10-14)22-18(23)11-21-19(24)16-8-9-17(20)25-16/h2-10,12H,11H2,1H3,(H,21,24)(H,22,23). The SMILES string of the molecule is CC(NC(=O)CNC(=O)c1ccc(Br)s1)c1ccc2ccccc2c1. The van der Waals surface area contributed by atoms with E-state index in [1.807, 2.05) is 37.3 Å². The lowest BCUT2D eigenvalue weighted by Crippen LogP contribution is -2.37. The number of fused-ring (bicyclic) bond motifs is 1. The molecule has 0 aliphatic carbocycles. The molecule has 128 valence electrons. The van der Waals surface area contributed by atoms with Crippen LogP contribution in [0.4, 0.5) is 0 Å². The number of thiophene rings is 1. The molecule has 0 fully saturated rings. The number of nitrogens with one attached hydrogen (secondary N) is 2. The van der Waals surface area contributed by atoms with Crippen molar-refractivity contribution < 1.29 is 9.59 Å². The predicted octanol–water partition coefficient (Wildman–Crippen LogP) is 4.27. The molecular formula is C19H17BrN2O2S. The van der Waals surface area contributed by atoms with Crippen LogP contribution < -0.4 is 10.6 Å². The summed E-state index contributed by atoms with van der Waals surface area (Å²) >= 11 is 4.65. The normalized spacial score (nSPS) is 11.9. The summed E-state index contributed by atoms with van der Waals surface area (Å²) in [6.07, 6.45) is 0. The first-order valence-electron chi connectivity index (χ1n) is 7.84. The third-order valence-electron chi connectivity index (χ3n) is 3.86. The third kappa shape index (κ3) is 4.46. The molecule has 0 aliphatic heterocycles. The van der Waals surface area contributed by atoms with Crippen molar-refractivity contribution in [1.82, 2.24) is 10.6 Å². The van der Waals surface area contributed by atoms with E-state index in [2.05, 4.69) is 38.7 Å². The highest BCUT2D eigenvalue weighted by atomic mass is 79.9. The molecule has 6 heteroatoms. The van der Waals surface area contributed by atoms with E-state index in [1.54, 1.807) is 12.1 Å². The van der Waals surface area contributed by atoms with Gasteiger partial charge < -0.3 is 10.6 Å². The van der Waals surface area contributed by atoms with Crippen LogP contribution in [0.25, 0.3) is 10.8 Å². The van der Waals surface area contributed by atoms with E-state index in [1.165, 1.54) is 16.7 Å². The molecule has 2 aromatic carbocycles. The second-order valence-electron chi connectivity index (χ2n) is 5.68. The Morgan fingerprint density at radius 1 is 1.08 bits per heavy atom. The highest BCUT2D eigenvalue weighted by Gasteiger charge is 2.13. The Kier molecular flexibility index (Phi) is 5.50. The van der Waals surface area contributed by atoms with Crippen molar-refractivity contribution in [2.45, 2.75) is 13.0 Å². The Hall–Kier alpha value is -2.18. The summed E-state index contributed by atoms with van der Waals surface area (Å²) in [5, 5.41) is 7.85. The number of carbonyl (C=O) groups excluding carboxylic acids is 2. The van der Waals surface area contributed by atoms with E-state index in [-0.39, 0.29) is 24.4 Å². The van der Waals surface area contributed by atoms with E-state index in [9.17, 15) is 9.59 Å². The monoisotopic (exact) mass is 416 g/mol. The van der Waals surface area contributed by atoms with Gasteiger partial charge in [0.1, 0.15) is 0 Å². The van der Waals surface area contributed by atoms with Crippen molar-refractivity contribution in [3.05, 3.63) is 68.8 Å². The van der Waals surface area contributed by atoms with Crippen LogP contribution in [-0.2, 0) is 4.79 Å². The van der Waals surface area contributed by atoms with Gasteiger partial charge in [-0.25, -0.2) is 0 Å². The minimum Gasteiger partial charge on any atom is -0.348 e. The van der Waals surface area contributed by atoms with Crippen molar-refractivity contribution in [2.75, 3.05) is 6.54 Å². The Morgan fingerprint density at radius 2 is 1.84 bits per heavy atom. The molecule has 1 unspecified atom stereocenters. The summed E-state index contributed by atoms with van der Waals surface area (Å²) < 4.78 is 0.882. The lowest BCUT2D eigenvalue weighted by Gasteiger charge is -2.15. The zero-order chi connectivity index (χ0) is 17.8. The highest BCUT2D eigenvalue weighted by molar-refractivity contribution is 9.11. The molecule has 0 saturated carbocycles. The van der Waals surface area contributed by atoms with Crippen LogP contribution in [0.3, 0.4) is 0 Å². The Balaban J connectivity index is 1.57. The number of halogens is 1. The number of hydrogen-bond acceptors (Lipinski definition) is 3. The average Bonchev–Trinajstić information content (AvgIpc) is 3.05. The molecular weight excluding hydrogens is 400 g/mol. The van der Waals surface area contributed by atoms with E-state index in [4.69, 9.17) is 0 Å². The van der Waals surface area contributed by atoms with Crippen LogP contribution >= 0.6 is 27.3 Å². The largest absolute Gasteiger partial charge is 0.348 e. The number of rotatable bonds is 5. The minimum atomic E-state index is -0.246. The van der Waals surface area contributed by atoms with Crippen LogP contribution in [0, 0.1) is 0 Å². The number of hydrogen-bond donors (Lipinski definition) is 2. The van der Waals surface area contributed by atoms with Crippen molar-refractivity contribution in [3.63, 3.8) is 0 Å². The summed E-state index contributed by atoms with van der Waals surface area (Å²) in [5.41, 5.74) is 1.03. The lowest BCUT2D eigenvalue weighted by atomic mass is 10.0. The van der Waals surface area contributed by atoms with E-state index in [0.717, 1.165) is 14.7 Å². The predicted molar refractivity (Wildman–Crippen MR) is 105 cm³/mol. The molecule has 0 bridgehead atoms. The fraction of sp³-hybridized carbons (Fsp3) is 0.158. The summed E-state index contributed by atoms with van der Waals surface area (Å²) in [7, 11) is 0. The van der Waals surface area contributed by atoms with Gasteiger partial charge in [-0.15, -0.1) is 11.3 Å². The van der Waals surface area contributed by atoms with Gasteiger partial charge >= 0.3 is 0 Å². The molecule has 1 aromatic heterocycles. The Morgan fingerprint density at radius 3 is 2.56 bits per heavy atom. The second kappa shape index (κ2) is 7.80. The van der Waals surface area contributed by atoms with Crippen LogP contribution in [0.2, 0.25) is 0 Å². The molecule has 0 spiro atoms. The molecule has 0 radical (unpaired) electrons. The van der Waals surface area contributed by atoms with Crippen LogP contribution in [0.15, 0.2) is 58.4 Å². The topological polar surface area (TPSA) is 58.2 Å². The van der Waals surface area contributed by atoms with Crippen molar-refractivity contribution >= 4 is 49.9 Å². The van der Waals surface area contributed by atoms with Gasteiger partial charge in [0.2, 0.25) is 5.91 Å². The zero-order valence-electron chi connectivity index (χ0n) is 13.6. The summed E-state index contributed by atoms with van der Waals surface area (Å²) in [6, 6.07) is 17.6. The molecule has 3 rings (SSSR count). The summed E-state index contributed by atoms with van der Waals surface area (Å²) in [5.74, 6) is -0.464. The fourth-order valence-corrected chi connectivity index (χ4v) is 3.84. The Bertz CT molecular complexity index is 922. The van der Waals surface area contributed by atoms with Crippen LogP contribution in [0.5, 0.6) is 0 Å². The molecule has 2 N–H and O–H groups in total. The number of benzene rings is 2. The fourth-order valence-electron chi connectivity index (χ4n) is 2.54. The van der Waals surface area contributed by atoms with Crippen molar-refractivity contribution in [2.24, 2.45) is 0 Å². The van der Waals surface area contributed by atoms with E-state index < -0.39 is 0 Å². The van der Waals surface area contributed by atoms with Gasteiger partial charge in [-0.05, 0) is 57.4 Å². The van der Waals surface area contributed by atoms with Crippen LogP contribution in [0.1, 0.15) is 28.2 Å². The average molecular weight is 417 g/mol. The van der Waals surface area contributed by atoms with E-state index >= 15 is 0 Å². The second-order valence-corrected chi connectivity index (χ2v) is 8.15. The number of carbonyl (C=O) groups is 2. The van der Waals surface area contributed by atoms with Gasteiger partial charge in [-0.3, -0.25) is 9.59 Å². The molecule has 2 amide bonds. The van der Waals surface area contributed by atoms with Gasteiger partial charge in [0.15, 0.2) is 0 Å². The van der Waals surface area contributed by atoms with Crippen molar-refractivity contribution in [3.8, 4) is 0 Å². The molecule has 1 heterocycles. The van der Waals surface area contributed by atoms with E-state index in [0.29, 0.717) is 4.88 Å². The van der Waals surface area contributed by atoms with Gasteiger partial charge in [0.25, 0.3) is 5.91 Å². The molecule has 1 atom stereocenters. The zero-order valence-corrected chi connectivity index (χ0v) is 16.0. The van der Waals surface area contributed by atoms with Gasteiger partial charge in [0, 0.05) is 0 Å². The summed E-state index contributed by atoms with van der Waals surface area (Å²) in [6.45, 7) is 1.88. The van der Waals surface area contributed by atoms with Gasteiger partial charge in [-0.1, -0.05) is 36.4 Å². The maximum Gasteiger partial charge on any atom is 0.261 e. The van der Waals surface area contributed by atoms with Gasteiger partial charge in [-0.2, -0.15) is 0 Å². The minimum absolute atomic E-state index is 0.0493. The molecule has 0 saturated heterocycles. The number of amides is 2. The third-order valence-corrected chi connectivity index (χ3v) is 5.48. The molecule has 4 nitrogen and oxygen atoms in total. The van der Waals surface area contributed by atoms with Crippen molar-refractivity contribution in [1.29, 1.82) is 0 Å². The first-order chi connectivity index (χ1) is 12.0. The maximum atomic E-state index is 12.1. The summed E-state index contributed by atoms with van der Waals surface area (Å²) in [4.78, 5) is 24.6. The molecule has 25 heavy (non-hydrogen) atoms. The smallest absolute Gasteiger partial charge is 0.261 e.